The summed E-state index contributed by atoms with van der Waals surface area (Å²) in [5.74, 6) is 0.612. The van der Waals surface area contributed by atoms with Crippen molar-refractivity contribution in [2.24, 2.45) is 4.99 Å². The van der Waals surface area contributed by atoms with E-state index in [1.807, 2.05) is 56.3 Å². The first-order valence-corrected chi connectivity index (χ1v) is 11.1. The van der Waals surface area contributed by atoms with Crippen molar-refractivity contribution < 1.29 is 14.3 Å². The normalized spacial score (nSPS) is 17.7. The topological polar surface area (TPSA) is 83.0 Å². The number of nitrogens with one attached hydrogen (secondary N) is 2. The minimum Gasteiger partial charge on any atom is -0.494 e. The maximum atomic E-state index is 12.6. The summed E-state index contributed by atoms with van der Waals surface area (Å²) in [5, 5.41) is 6.03. The van der Waals surface area contributed by atoms with Crippen molar-refractivity contribution in [3.05, 3.63) is 59.2 Å². The standard InChI is InChI=1S/C25H30N4O3/c1-4-32-21-9-7-20(8-10-21)26-22(30)16-29-13-11-25(12-14-29)27-23(24(31)28-25)19-6-5-17(2)18(3)15-19/h5-10,15H,4,11-14,16H2,1-3H3,(H,26,30)(H,28,31). The molecule has 1 spiro atoms. The lowest BCUT2D eigenvalue weighted by atomic mass is 9.98. The van der Waals surface area contributed by atoms with Crippen LogP contribution < -0.4 is 15.4 Å². The highest BCUT2D eigenvalue weighted by atomic mass is 16.5. The molecule has 1 saturated heterocycles. The van der Waals surface area contributed by atoms with Gasteiger partial charge in [0.1, 0.15) is 17.1 Å². The van der Waals surface area contributed by atoms with E-state index in [0.29, 0.717) is 44.8 Å². The molecule has 7 nitrogen and oxygen atoms in total. The zero-order valence-corrected chi connectivity index (χ0v) is 18.9. The van der Waals surface area contributed by atoms with Crippen molar-refractivity contribution in [3.8, 4) is 5.75 Å². The molecule has 0 aromatic heterocycles. The number of likely N-dealkylation sites (tertiary alicyclic amines) is 1. The molecule has 0 atom stereocenters. The molecule has 7 heteroatoms. The molecule has 4 rings (SSSR count). The Labute approximate surface area is 188 Å². The van der Waals surface area contributed by atoms with Gasteiger partial charge in [-0.3, -0.25) is 19.5 Å². The summed E-state index contributed by atoms with van der Waals surface area (Å²) in [4.78, 5) is 32.0. The largest absolute Gasteiger partial charge is 0.494 e. The fourth-order valence-corrected chi connectivity index (χ4v) is 4.17. The lowest BCUT2D eigenvalue weighted by Gasteiger charge is -2.36. The molecular formula is C25H30N4O3. The van der Waals surface area contributed by atoms with Gasteiger partial charge in [0.15, 0.2) is 0 Å². The third-order valence-electron chi connectivity index (χ3n) is 6.17. The molecule has 0 radical (unpaired) electrons. The van der Waals surface area contributed by atoms with Gasteiger partial charge in [0.2, 0.25) is 5.91 Å². The average Bonchev–Trinajstić information content (AvgIpc) is 3.09. The third kappa shape index (κ3) is 4.83. The van der Waals surface area contributed by atoms with Gasteiger partial charge in [0, 0.05) is 37.2 Å². The highest BCUT2D eigenvalue weighted by Gasteiger charge is 2.42. The van der Waals surface area contributed by atoms with Crippen molar-refractivity contribution in [2.45, 2.75) is 39.3 Å². The average molecular weight is 435 g/mol. The molecule has 2 N–H and O–H groups in total. The van der Waals surface area contributed by atoms with Gasteiger partial charge < -0.3 is 15.4 Å². The predicted molar refractivity (Wildman–Crippen MR) is 125 cm³/mol. The van der Waals surface area contributed by atoms with Gasteiger partial charge in [0.05, 0.1) is 13.2 Å². The van der Waals surface area contributed by atoms with Crippen molar-refractivity contribution in [3.63, 3.8) is 0 Å². The molecule has 2 aliphatic rings. The van der Waals surface area contributed by atoms with Gasteiger partial charge >= 0.3 is 0 Å². The number of benzene rings is 2. The van der Waals surface area contributed by atoms with Crippen molar-refractivity contribution >= 4 is 23.2 Å². The second-order valence-corrected chi connectivity index (χ2v) is 8.53. The van der Waals surface area contributed by atoms with E-state index < -0.39 is 5.66 Å². The number of nitrogens with zero attached hydrogens (tertiary/aromatic N) is 2. The molecule has 0 bridgehead atoms. The predicted octanol–water partition coefficient (Wildman–Crippen LogP) is 3.05. The minimum atomic E-state index is -0.562. The Balaban J connectivity index is 1.33. The fourth-order valence-electron chi connectivity index (χ4n) is 4.17. The number of piperidine rings is 1. The lowest BCUT2D eigenvalue weighted by Crippen LogP contribution is -2.52. The van der Waals surface area contributed by atoms with E-state index in [2.05, 4.69) is 22.5 Å². The van der Waals surface area contributed by atoms with Crippen LogP contribution >= 0.6 is 0 Å². The lowest BCUT2D eigenvalue weighted by molar-refractivity contribution is -0.119. The summed E-state index contributed by atoms with van der Waals surface area (Å²) >= 11 is 0. The minimum absolute atomic E-state index is 0.0557. The number of aliphatic imine (C=N–C) groups is 1. The van der Waals surface area contributed by atoms with Crippen LogP contribution in [0.3, 0.4) is 0 Å². The van der Waals surface area contributed by atoms with Crippen molar-refractivity contribution in [1.82, 2.24) is 10.2 Å². The number of ether oxygens (including phenoxy) is 1. The Kier molecular flexibility index (Phi) is 6.28. The Morgan fingerprint density at radius 2 is 1.84 bits per heavy atom. The highest BCUT2D eigenvalue weighted by Crippen LogP contribution is 2.29. The summed E-state index contributed by atoms with van der Waals surface area (Å²) in [6.07, 6.45) is 1.37. The first-order chi connectivity index (χ1) is 15.4. The Morgan fingerprint density at radius 3 is 2.50 bits per heavy atom. The van der Waals surface area contributed by atoms with E-state index in [0.717, 1.165) is 22.6 Å². The number of amides is 2. The monoisotopic (exact) mass is 434 g/mol. The molecule has 2 aliphatic heterocycles. The van der Waals surface area contributed by atoms with Gasteiger partial charge in [-0.2, -0.15) is 0 Å². The molecule has 2 aromatic carbocycles. The Morgan fingerprint density at radius 1 is 1.12 bits per heavy atom. The van der Waals surface area contributed by atoms with E-state index in [4.69, 9.17) is 9.73 Å². The van der Waals surface area contributed by atoms with Crippen LogP contribution in [0.2, 0.25) is 0 Å². The maximum Gasteiger partial charge on any atom is 0.272 e. The molecule has 168 valence electrons. The van der Waals surface area contributed by atoms with Crippen molar-refractivity contribution in [2.75, 3.05) is 31.6 Å². The number of anilines is 1. The van der Waals surface area contributed by atoms with Crippen LogP contribution in [0.15, 0.2) is 47.5 Å². The maximum absolute atomic E-state index is 12.6. The van der Waals surface area contributed by atoms with Gasteiger partial charge in [-0.1, -0.05) is 12.1 Å². The van der Waals surface area contributed by atoms with Crippen LogP contribution in [0.4, 0.5) is 5.69 Å². The summed E-state index contributed by atoms with van der Waals surface area (Å²) in [7, 11) is 0. The molecule has 0 saturated carbocycles. The molecule has 2 heterocycles. The van der Waals surface area contributed by atoms with E-state index in [1.165, 1.54) is 5.56 Å². The van der Waals surface area contributed by atoms with E-state index in [9.17, 15) is 9.59 Å². The zero-order valence-electron chi connectivity index (χ0n) is 18.9. The number of carbonyl (C=O) groups excluding carboxylic acids is 2. The first-order valence-electron chi connectivity index (χ1n) is 11.1. The van der Waals surface area contributed by atoms with Crippen LogP contribution in [-0.4, -0.2) is 54.3 Å². The Bertz CT molecular complexity index is 1040. The van der Waals surface area contributed by atoms with E-state index in [1.54, 1.807) is 0 Å². The highest BCUT2D eigenvalue weighted by molar-refractivity contribution is 6.46. The molecule has 1 fully saturated rings. The zero-order chi connectivity index (χ0) is 22.7. The van der Waals surface area contributed by atoms with E-state index in [-0.39, 0.29) is 11.8 Å². The van der Waals surface area contributed by atoms with Crippen LogP contribution in [0.5, 0.6) is 5.75 Å². The van der Waals surface area contributed by atoms with Gasteiger partial charge in [-0.05, 0) is 62.2 Å². The number of aryl methyl sites for hydroxylation is 2. The third-order valence-corrected chi connectivity index (χ3v) is 6.17. The molecular weight excluding hydrogens is 404 g/mol. The molecule has 0 aliphatic carbocycles. The number of rotatable bonds is 6. The summed E-state index contributed by atoms with van der Waals surface area (Å²) in [6.45, 7) is 8.34. The summed E-state index contributed by atoms with van der Waals surface area (Å²) in [6, 6.07) is 13.4. The Hall–Kier alpha value is -3.19. The molecule has 2 amide bonds. The number of carbonyl (C=O) groups is 2. The summed E-state index contributed by atoms with van der Waals surface area (Å²) < 4.78 is 5.43. The van der Waals surface area contributed by atoms with Crippen LogP contribution in [0.25, 0.3) is 0 Å². The first kappa shape index (κ1) is 22.0. The van der Waals surface area contributed by atoms with E-state index >= 15 is 0 Å². The van der Waals surface area contributed by atoms with Crippen LogP contribution in [0, 0.1) is 13.8 Å². The second kappa shape index (κ2) is 9.12. The fraction of sp³-hybridized carbons (Fsp3) is 0.400. The number of hydrogen-bond donors (Lipinski definition) is 2. The molecule has 32 heavy (non-hydrogen) atoms. The second-order valence-electron chi connectivity index (χ2n) is 8.53. The number of hydrogen-bond acceptors (Lipinski definition) is 5. The van der Waals surface area contributed by atoms with Crippen LogP contribution in [-0.2, 0) is 9.59 Å². The SMILES string of the molecule is CCOc1ccc(NC(=O)CN2CCC3(CC2)N=C(c2ccc(C)c(C)c2)C(=O)N3)cc1. The van der Waals surface area contributed by atoms with Gasteiger partial charge in [-0.25, -0.2) is 0 Å². The molecule has 0 unspecified atom stereocenters. The van der Waals surface area contributed by atoms with Gasteiger partial charge in [-0.15, -0.1) is 0 Å². The van der Waals surface area contributed by atoms with Gasteiger partial charge in [0.25, 0.3) is 5.91 Å². The summed E-state index contributed by atoms with van der Waals surface area (Å²) in [5.41, 5.74) is 3.89. The smallest absolute Gasteiger partial charge is 0.272 e. The van der Waals surface area contributed by atoms with Crippen molar-refractivity contribution in [1.29, 1.82) is 0 Å². The quantitative estimate of drug-likeness (QED) is 0.732. The molecule has 2 aromatic rings. The van der Waals surface area contributed by atoms with Crippen LogP contribution in [0.1, 0.15) is 36.5 Å².